The van der Waals surface area contributed by atoms with Crippen LogP contribution in [0.15, 0.2) is 12.2 Å². The summed E-state index contributed by atoms with van der Waals surface area (Å²) in [6.45, 7) is 4.93. The van der Waals surface area contributed by atoms with Crippen molar-refractivity contribution in [1.29, 1.82) is 0 Å². The van der Waals surface area contributed by atoms with Crippen LogP contribution in [0.3, 0.4) is 0 Å². The lowest BCUT2D eigenvalue weighted by atomic mass is 10.0. The molecule has 282 valence electrons. The number of hydrogen-bond acceptors (Lipinski definition) is 2. The first-order valence-corrected chi connectivity index (χ1v) is 21.7. The van der Waals surface area contributed by atoms with E-state index in [9.17, 15) is 4.79 Å². The molecule has 0 amide bonds. The SMILES string of the molecule is CCCCCCCC/C=C\CCCCCCCCCCCCO.CCCCCCCCCCCCCCCCCCCCCC(=O)O. The Morgan fingerprint density at radius 1 is 0.362 bits per heavy atom. The third-order valence-electron chi connectivity index (χ3n) is 9.66. The minimum atomic E-state index is -0.651. The van der Waals surface area contributed by atoms with Crippen molar-refractivity contribution in [3.8, 4) is 0 Å². The zero-order chi connectivity index (χ0) is 34.6. The molecule has 0 aromatic carbocycles. The maximum absolute atomic E-state index is 10.4. The van der Waals surface area contributed by atoms with Crippen LogP contribution in [0.2, 0.25) is 0 Å². The molecule has 3 nitrogen and oxygen atoms in total. The van der Waals surface area contributed by atoms with E-state index < -0.39 is 5.97 Å². The number of rotatable bonds is 39. The largest absolute Gasteiger partial charge is 0.481 e. The van der Waals surface area contributed by atoms with E-state index in [0.717, 1.165) is 19.3 Å². The summed E-state index contributed by atoms with van der Waals surface area (Å²) in [6, 6.07) is 0. The molecule has 0 aliphatic carbocycles. The highest BCUT2D eigenvalue weighted by atomic mass is 16.4. The van der Waals surface area contributed by atoms with Crippen molar-refractivity contribution in [2.24, 2.45) is 0 Å². The second kappa shape index (κ2) is 47.3. The summed E-state index contributed by atoms with van der Waals surface area (Å²) in [6.07, 6.45) is 55.2. The second-order valence-corrected chi connectivity index (χ2v) is 14.6. The molecule has 0 bridgehead atoms. The van der Waals surface area contributed by atoms with E-state index >= 15 is 0 Å². The van der Waals surface area contributed by atoms with Crippen LogP contribution in [0.25, 0.3) is 0 Å². The molecule has 0 rings (SSSR count). The van der Waals surface area contributed by atoms with Gasteiger partial charge in [-0.05, 0) is 38.5 Å². The summed E-state index contributed by atoms with van der Waals surface area (Å²) >= 11 is 0. The van der Waals surface area contributed by atoms with E-state index in [0.29, 0.717) is 13.0 Å². The molecule has 0 unspecified atom stereocenters. The number of aliphatic hydroxyl groups is 1. The van der Waals surface area contributed by atoms with Crippen molar-refractivity contribution in [1.82, 2.24) is 0 Å². The lowest BCUT2D eigenvalue weighted by Crippen LogP contribution is -1.93. The van der Waals surface area contributed by atoms with E-state index in [4.69, 9.17) is 10.2 Å². The van der Waals surface area contributed by atoms with Gasteiger partial charge in [-0.3, -0.25) is 4.79 Å². The summed E-state index contributed by atoms with van der Waals surface area (Å²) in [5, 5.41) is 17.3. The van der Waals surface area contributed by atoms with Gasteiger partial charge in [0.1, 0.15) is 0 Å². The molecule has 0 aliphatic heterocycles. The maximum Gasteiger partial charge on any atom is 0.303 e. The second-order valence-electron chi connectivity index (χ2n) is 14.6. The van der Waals surface area contributed by atoms with Crippen LogP contribution < -0.4 is 0 Å². The highest BCUT2D eigenvalue weighted by molar-refractivity contribution is 5.66. The lowest BCUT2D eigenvalue weighted by molar-refractivity contribution is -0.137. The Morgan fingerprint density at radius 2 is 0.596 bits per heavy atom. The predicted octanol–water partition coefficient (Wildman–Crippen LogP) is 15.5. The number of aliphatic hydroxyl groups excluding tert-OH is 1. The maximum atomic E-state index is 10.4. The molecular formula is C44H88O3. The number of aliphatic carboxylic acids is 1. The van der Waals surface area contributed by atoms with Gasteiger partial charge in [-0.25, -0.2) is 0 Å². The van der Waals surface area contributed by atoms with Crippen LogP contribution in [0.4, 0.5) is 0 Å². The van der Waals surface area contributed by atoms with E-state index in [1.165, 1.54) is 218 Å². The number of unbranched alkanes of at least 4 members (excludes halogenated alkanes) is 34. The summed E-state index contributed by atoms with van der Waals surface area (Å²) in [4.78, 5) is 10.4. The van der Waals surface area contributed by atoms with Crippen LogP contribution in [-0.2, 0) is 4.79 Å². The van der Waals surface area contributed by atoms with Crippen LogP contribution in [-0.4, -0.2) is 22.8 Å². The molecule has 0 fully saturated rings. The van der Waals surface area contributed by atoms with Crippen LogP contribution in [0.5, 0.6) is 0 Å². The fourth-order valence-corrected chi connectivity index (χ4v) is 6.42. The number of allylic oxidation sites excluding steroid dienone is 2. The molecule has 0 aliphatic rings. The van der Waals surface area contributed by atoms with E-state index in [2.05, 4.69) is 26.0 Å². The summed E-state index contributed by atoms with van der Waals surface area (Å²) in [5.74, 6) is -0.651. The third-order valence-corrected chi connectivity index (χ3v) is 9.66. The lowest BCUT2D eigenvalue weighted by Gasteiger charge is -2.03. The van der Waals surface area contributed by atoms with Crippen molar-refractivity contribution in [2.45, 2.75) is 258 Å². The molecule has 0 aromatic heterocycles. The van der Waals surface area contributed by atoms with Gasteiger partial charge in [-0.1, -0.05) is 225 Å². The van der Waals surface area contributed by atoms with E-state index in [1.54, 1.807) is 0 Å². The van der Waals surface area contributed by atoms with Gasteiger partial charge >= 0.3 is 5.97 Å². The Labute approximate surface area is 296 Å². The van der Waals surface area contributed by atoms with Crippen molar-refractivity contribution in [3.63, 3.8) is 0 Å². The van der Waals surface area contributed by atoms with Crippen LogP contribution >= 0.6 is 0 Å². The normalized spacial score (nSPS) is 11.3. The number of hydrogen-bond donors (Lipinski definition) is 2. The van der Waals surface area contributed by atoms with E-state index in [-0.39, 0.29) is 0 Å². The summed E-state index contributed by atoms with van der Waals surface area (Å²) in [7, 11) is 0. The molecule has 0 spiro atoms. The fraction of sp³-hybridized carbons (Fsp3) is 0.932. The zero-order valence-corrected chi connectivity index (χ0v) is 32.5. The third kappa shape index (κ3) is 52.2. The average molecular weight is 665 g/mol. The first-order valence-electron chi connectivity index (χ1n) is 21.7. The molecule has 0 heterocycles. The number of carboxylic acid groups (broad SMARTS) is 1. The number of carbonyl (C=O) groups is 1. The van der Waals surface area contributed by atoms with Gasteiger partial charge in [0.25, 0.3) is 0 Å². The van der Waals surface area contributed by atoms with Gasteiger partial charge in [0.15, 0.2) is 0 Å². The van der Waals surface area contributed by atoms with Gasteiger partial charge in [0, 0.05) is 13.0 Å². The van der Waals surface area contributed by atoms with Crippen molar-refractivity contribution >= 4 is 5.97 Å². The Bertz CT molecular complexity index is 572. The molecule has 47 heavy (non-hydrogen) atoms. The molecular weight excluding hydrogens is 576 g/mol. The highest BCUT2D eigenvalue weighted by Crippen LogP contribution is 2.15. The molecule has 2 N–H and O–H groups in total. The minimum absolute atomic E-state index is 0.346. The minimum Gasteiger partial charge on any atom is -0.481 e. The summed E-state index contributed by atoms with van der Waals surface area (Å²) < 4.78 is 0. The Hall–Kier alpha value is -0.830. The first kappa shape index (κ1) is 48.3. The molecule has 0 radical (unpaired) electrons. The first-order chi connectivity index (χ1) is 23.2. The van der Waals surface area contributed by atoms with Crippen LogP contribution in [0, 0.1) is 0 Å². The van der Waals surface area contributed by atoms with Gasteiger partial charge in [0.2, 0.25) is 0 Å². The quantitative estimate of drug-likeness (QED) is 0.0508. The Morgan fingerprint density at radius 3 is 0.851 bits per heavy atom. The smallest absolute Gasteiger partial charge is 0.303 e. The Kier molecular flexibility index (Phi) is 48.6. The average Bonchev–Trinajstić information content (AvgIpc) is 3.07. The summed E-state index contributed by atoms with van der Waals surface area (Å²) in [5.41, 5.74) is 0. The molecule has 3 heteroatoms. The monoisotopic (exact) mass is 665 g/mol. The Balaban J connectivity index is 0. The molecule has 0 saturated heterocycles. The standard InChI is InChI=1S/C22H44O2.C22H44O/c1-2-3-4-5-6-7-8-9-10-11-12-13-14-15-16-17-18-19-20-21-22(23)24;1-2-3-4-5-6-7-8-9-10-11-12-13-14-15-16-17-18-19-20-21-22-23/h2-21H2,1H3,(H,23,24);9-10,23H,2-8,11-22H2,1H3/b;10-9-. The highest BCUT2D eigenvalue weighted by Gasteiger charge is 1.98. The van der Waals surface area contributed by atoms with Gasteiger partial charge in [-0.15, -0.1) is 0 Å². The molecule has 0 atom stereocenters. The van der Waals surface area contributed by atoms with Crippen molar-refractivity contribution in [3.05, 3.63) is 12.2 Å². The van der Waals surface area contributed by atoms with Crippen molar-refractivity contribution in [2.75, 3.05) is 6.61 Å². The predicted molar refractivity (Wildman–Crippen MR) is 211 cm³/mol. The van der Waals surface area contributed by atoms with Crippen LogP contribution in [0.1, 0.15) is 258 Å². The topological polar surface area (TPSA) is 57.5 Å². The molecule has 0 saturated carbocycles. The van der Waals surface area contributed by atoms with Gasteiger partial charge in [-0.2, -0.15) is 0 Å². The zero-order valence-electron chi connectivity index (χ0n) is 32.5. The fourth-order valence-electron chi connectivity index (χ4n) is 6.42. The van der Waals surface area contributed by atoms with E-state index in [1.807, 2.05) is 0 Å². The number of carboxylic acids is 1. The molecule has 0 aromatic rings. The van der Waals surface area contributed by atoms with Crippen molar-refractivity contribution < 1.29 is 15.0 Å². The van der Waals surface area contributed by atoms with Gasteiger partial charge in [0.05, 0.1) is 0 Å². The van der Waals surface area contributed by atoms with Gasteiger partial charge < -0.3 is 10.2 Å².